The van der Waals surface area contributed by atoms with Gasteiger partial charge < -0.3 is 9.67 Å². The number of fused-ring (bicyclic) bond motifs is 1. The second-order valence-electron chi connectivity index (χ2n) is 4.02. The number of aromatic nitrogens is 2. The monoisotopic (exact) mass is 286 g/mol. The van der Waals surface area contributed by atoms with Crippen LogP contribution >= 0.6 is 23.2 Å². The lowest BCUT2D eigenvalue weighted by Gasteiger charge is -2.12. The Bertz CT molecular complexity index is 622. The summed E-state index contributed by atoms with van der Waals surface area (Å²) >= 11 is 11.9. The van der Waals surface area contributed by atoms with Crippen LogP contribution in [0.5, 0.6) is 0 Å². The number of hydrogen-bond donors (Lipinski definition) is 1. The molecule has 1 unspecified atom stereocenters. The van der Waals surface area contributed by atoms with Gasteiger partial charge in [0.2, 0.25) is 0 Å². The molecule has 0 aliphatic rings. The minimum atomic E-state index is -0.907. The molecule has 18 heavy (non-hydrogen) atoms. The summed E-state index contributed by atoms with van der Waals surface area (Å²) < 4.78 is 1.68. The molecule has 2 aromatic rings. The summed E-state index contributed by atoms with van der Waals surface area (Å²) in [5.74, 6) is -0.201. The van der Waals surface area contributed by atoms with Crippen molar-refractivity contribution >= 4 is 40.2 Å². The van der Waals surface area contributed by atoms with Crippen molar-refractivity contribution in [2.45, 2.75) is 26.3 Å². The van der Waals surface area contributed by atoms with Crippen molar-refractivity contribution in [1.82, 2.24) is 9.55 Å². The minimum Gasteiger partial charge on any atom is -0.480 e. The average molecular weight is 287 g/mol. The van der Waals surface area contributed by atoms with Crippen LogP contribution in [0.2, 0.25) is 10.0 Å². The van der Waals surface area contributed by atoms with Gasteiger partial charge in [-0.05, 0) is 19.1 Å². The Morgan fingerprint density at radius 2 is 2.06 bits per heavy atom. The van der Waals surface area contributed by atoms with Gasteiger partial charge in [-0.25, -0.2) is 9.78 Å². The number of hydrogen-bond acceptors (Lipinski definition) is 2. The second kappa shape index (κ2) is 4.78. The first kappa shape index (κ1) is 13.2. The Labute approximate surface area is 114 Å². The zero-order chi connectivity index (χ0) is 13.4. The minimum absolute atomic E-state index is 0.394. The van der Waals surface area contributed by atoms with E-state index in [1.54, 1.807) is 23.6 Å². The summed E-state index contributed by atoms with van der Waals surface area (Å²) in [6.45, 7) is 3.54. The topological polar surface area (TPSA) is 55.1 Å². The number of nitrogens with zero attached hydrogens (tertiary/aromatic N) is 2. The van der Waals surface area contributed by atoms with Crippen molar-refractivity contribution in [1.29, 1.82) is 0 Å². The van der Waals surface area contributed by atoms with Crippen LogP contribution in [0.3, 0.4) is 0 Å². The van der Waals surface area contributed by atoms with Gasteiger partial charge in [0.15, 0.2) is 0 Å². The summed E-state index contributed by atoms with van der Waals surface area (Å²) in [6, 6.07) is 2.62. The fourth-order valence-corrected chi connectivity index (χ4v) is 2.25. The molecule has 1 N–H and O–H groups in total. The molecule has 0 saturated heterocycles. The predicted molar refractivity (Wildman–Crippen MR) is 71.5 cm³/mol. The van der Waals surface area contributed by atoms with Gasteiger partial charge in [-0.1, -0.05) is 30.1 Å². The number of carboxylic acid groups (broad SMARTS) is 1. The maximum Gasteiger partial charge on any atom is 0.326 e. The number of carboxylic acids is 1. The van der Waals surface area contributed by atoms with E-state index in [4.69, 9.17) is 28.3 Å². The molecular weight excluding hydrogens is 275 g/mol. The number of halogens is 2. The van der Waals surface area contributed by atoms with E-state index >= 15 is 0 Å². The van der Waals surface area contributed by atoms with E-state index in [1.807, 2.05) is 6.92 Å². The van der Waals surface area contributed by atoms with Gasteiger partial charge in [0.05, 0.1) is 21.1 Å². The number of aryl methyl sites for hydroxylation is 1. The fourth-order valence-electron chi connectivity index (χ4n) is 1.93. The van der Waals surface area contributed by atoms with Gasteiger partial charge in [0, 0.05) is 6.42 Å². The quantitative estimate of drug-likeness (QED) is 0.939. The number of rotatable bonds is 3. The molecular formula is C12H12Cl2N2O2. The summed E-state index contributed by atoms with van der Waals surface area (Å²) in [6.07, 6.45) is 0.640. The summed E-state index contributed by atoms with van der Waals surface area (Å²) in [5, 5.41) is 9.96. The van der Waals surface area contributed by atoms with Crippen molar-refractivity contribution in [2.75, 3.05) is 0 Å². The maximum atomic E-state index is 11.2. The second-order valence-corrected chi connectivity index (χ2v) is 4.84. The van der Waals surface area contributed by atoms with Crippen LogP contribution in [0.1, 0.15) is 25.7 Å². The van der Waals surface area contributed by atoms with Crippen LogP contribution in [0.15, 0.2) is 12.1 Å². The van der Waals surface area contributed by atoms with E-state index in [1.165, 1.54) is 0 Å². The van der Waals surface area contributed by atoms with Crippen molar-refractivity contribution in [3.63, 3.8) is 0 Å². The van der Waals surface area contributed by atoms with Gasteiger partial charge in [-0.3, -0.25) is 0 Å². The highest BCUT2D eigenvalue weighted by molar-refractivity contribution is 6.42. The molecule has 2 rings (SSSR count). The van der Waals surface area contributed by atoms with Crippen molar-refractivity contribution in [3.05, 3.63) is 28.0 Å². The Morgan fingerprint density at radius 3 is 2.61 bits per heavy atom. The van der Waals surface area contributed by atoms with E-state index in [0.717, 1.165) is 0 Å². The Balaban J connectivity index is 2.76. The van der Waals surface area contributed by atoms with Gasteiger partial charge in [0.25, 0.3) is 0 Å². The molecule has 0 amide bonds. The largest absolute Gasteiger partial charge is 0.480 e. The molecule has 4 nitrogen and oxygen atoms in total. The molecule has 0 spiro atoms. The SMILES string of the molecule is CCc1nc2cc(Cl)c(Cl)cc2n1C(C)C(=O)O. The highest BCUT2D eigenvalue weighted by atomic mass is 35.5. The third kappa shape index (κ3) is 2.06. The third-order valence-corrected chi connectivity index (χ3v) is 3.59. The maximum absolute atomic E-state index is 11.2. The predicted octanol–water partition coefficient (Wildman–Crippen LogP) is 3.55. The molecule has 6 heteroatoms. The van der Waals surface area contributed by atoms with Crippen LogP contribution in [0.25, 0.3) is 11.0 Å². The standard InChI is InChI=1S/C12H12Cl2N2O2/c1-3-11-15-9-4-7(13)8(14)5-10(9)16(11)6(2)12(17)18/h4-6H,3H2,1-2H3,(H,17,18). The molecule has 0 fully saturated rings. The first-order chi connectivity index (χ1) is 8.45. The van der Waals surface area contributed by atoms with Crippen LogP contribution in [-0.4, -0.2) is 20.6 Å². The molecule has 1 aromatic carbocycles. The molecule has 0 saturated carbocycles. The van der Waals surface area contributed by atoms with Gasteiger partial charge in [-0.2, -0.15) is 0 Å². The Kier molecular flexibility index (Phi) is 3.50. The molecule has 1 aromatic heterocycles. The summed E-state index contributed by atoms with van der Waals surface area (Å²) in [5.41, 5.74) is 1.35. The summed E-state index contributed by atoms with van der Waals surface area (Å²) in [4.78, 5) is 15.5. The third-order valence-electron chi connectivity index (χ3n) is 2.87. The van der Waals surface area contributed by atoms with Crippen molar-refractivity contribution < 1.29 is 9.90 Å². The molecule has 0 bridgehead atoms. The average Bonchev–Trinajstić information content (AvgIpc) is 2.66. The summed E-state index contributed by atoms with van der Waals surface area (Å²) in [7, 11) is 0. The Hall–Kier alpha value is -1.26. The molecule has 0 aliphatic heterocycles. The first-order valence-corrected chi connectivity index (χ1v) is 6.30. The van der Waals surface area contributed by atoms with Crippen LogP contribution < -0.4 is 0 Å². The molecule has 1 heterocycles. The number of benzene rings is 1. The van der Waals surface area contributed by atoms with E-state index in [9.17, 15) is 4.79 Å². The van der Waals surface area contributed by atoms with Gasteiger partial charge >= 0.3 is 5.97 Å². The lowest BCUT2D eigenvalue weighted by atomic mass is 10.2. The highest BCUT2D eigenvalue weighted by Gasteiger charge is 2.20. The lowest BCUT2D eigenvalue weighted by Crippen LogP contribution is -2.17. The van der Waals surface area contributed by atoms with E-state index in [0.29, 0.717) is 33.3 Å². The normalized spacial score (nSPS) is 12.9. The molecule has 0 radical (unpaired) electrons. The molecule has 1 atom stereocenters. The van der Waals surface area contributed by atoms with Crippen LogP contribution in [0.4, 0.5) is 0 Å². The fraction of sp³-hybridized carbons (Fsp3) is 0.333. The van der Waals surface area contributed by atoms with Gasteiger partial charge in [-0.15, -0.1) is 0 Å². The zero-order valence-corrected chi connectivity index (χ0v) is 11.5. The molecule has 96 valence electrons. The molecule has 0 aliphatic carbocycles. The van der Waals surface area contributed by atoms with Crippen molar-refractivity contribution in [2.24, 2.45) is 0 Å². The zero-order valence-electron chi connectivity index (χ0n) is 9.94. The van der Waals surface area contributed by atoms with E-state index in [-0.39, 0.29) is 0 Å². The number of aliphatic carboxylic acids is 1. The van der Waals surface area contributed by atoms with E-state index in [2.05, 4.69) is 4.98 Å². The smallest absolute Gasteiger partial charge is 0.326 e. The highest BCUT2D eigenvalue weighted by Crippen LogP contribution is 2.30. The number of imidazole rings is 1. The van der Waals surface area contributed by atoms with Crippen molar-refractivity contribution in [3.8, 4) is 0 Å². The van der Waals surface area contributed by atoms with Crippen LogP contribution in [0, 0.1) is 0 Å². The van der Waals surface area contributed by atoms with E-state index < -0.39 is 12.0 Å². The van der Waals surface area contributed by atoms with Crippen LogP contribution in [-0.2, 0) is 11.2 Å². The lowest BCUT2D eigenvalue weighted by molar-refractivity contribution is -0.140. The van der Waals surface area contributed by atoms with Gasteiger partial charge in [0.1, 0.15) is 11.9 Å². The Morgan fingerprint density at radius 1 is 1.44 bits per heavy atom. The first-order valence-electron chi connectivity index (χ1n) is 5.54. The number of carbonyl (C=O) groups is 1.